The first kappa shape index (κ1) is 16.6. The van der Waals surface area contributed by atoms with E-state index in [0.717, 1.165) is 10.6 Å². The number of carbonyl (C=O) groups excluding carboxylic acids is 1. The zero-order valence-corrected chi connectivity index (χ0v) is 14.5. The van der Waals surface area contributed by atoms with E-state index in [-0.39, 0.29) is 19.0 Å². The molecule has 2 aromatic heterocycles. The van der Waals surface area contributed by atoms with Gasteiger partial charge in [-0.25, -0.2) is 14.2 Å². The Hall–Kier alpha value is -2.25. The molecule has 3 aromatic rings. The second-order valence-corrected chi connectivity index (χ2v) is 6.66. The van der Waals surface area contributed by atoms with Crippen LogP contribution in [0.4, 0.5) is 4.39 Å². The van der Waals surface area contributed by atoms with Crippen molar-refractivity contribution in [3.8, 4) is 16.3 Å². The standard InChI is InChI=1S/C17H14FNO3S2/c1-11-15(24-16(19-11)12-6-9-23-10-12)17(20)22-8-7-21-14-4-2-13(18)3-5-14/h2-6,9-10H,7-8H2,1H3. The summed E-state index contributed by atoms with van der Waals surface area (Å²) in [6.45, 7) is 2.10. The number of benzene rings is 1. The van der Waals surface area contributed by atoms with Crippen LogP contribution in [-0.4, -0.2) is 24.2 Å². The highest BCUT2D eigenvalue weighted by Gasteiger charge is 2.17. The van der Waals surface area contributed by atoms with Crippen LogP contribution in [0.2, 0.25) is 0 Å². The number of aromatic nitrogens is 1. The molecule has 24 heavy (non-hydrogen) atoms. The smallest absolute Gasteiger partial charge is 0.350 e. The largest absolute Gasteiger partial charge is 0.490 e. The van der Waals surface area contributed by atoms with Crippen LogP contribution in [0.5, 0.6) is 5.75 Å². The summed E-state index contributed by atoms with van der Waals surface area (Å²) in [6.07, 6.45) is 0. The van der Waals surface area contributed by atoms with E-state index < -0.39 is 5.97 Å². The molecular formula is C17H14FNO3S2. The van der Waals surface area contributed by atoms with Gasteiger partial charge in [-0.1, -0.05) is 0 Å². The third kappa shape index (κ3) is 3.98. The van der Waals surface area contributed by atoms with Crippen molar-refractivity contribution in [1.29, 1.82) is 0 Å². The molecule has 0 amide bonds. The Kier molecular flexibility index (Phi) is 5.22. The van der Waals surface area contributed by atoms with Gasteiger partial charge < -0.3 is 9.47 Å². The van der Waals surface area contributed by atoms with E-state index in [4.69, 9.17) is 9.47 Å². The normalized spacial score (nSPS) is 10.6. The fourth-order valence-electron chi connectivity index (χ4n) is 1.99. The van der Waals surface area contributed by atoms with Crippen LogP contribution in [0.1, 0.15) is 15.4 Å². The maximum atomic E-state index is 12.8. The van der Waals surface area contributed by atoms with Gasteiger partial charge in [-0.2, -0.15) is 11.3 Å². The van der Waals surface area contributed by atoms with Gasteiger partial charge >= 0.3 is 5.97 Å². The van der Waals surface area contributed by atoms with Crippen LogP contribution >= 0.6 is 22.7 Å². The SMILES string of the molecule is Cc1nc(-c2ccsc2)sc1C(=O)OCCOc1ccc(F)cc1. The van der Waals surface area contributed by atoms with Gasteiger partial charge in [-0.15, -0.1) is 11.3 Å². The lowest BCUT2D eigenvalue weighted by molar-refractivity contribution is 0.0455. The molecule has 0 unspecified atom stereocenters. The van der Waals surface area contributed by atoms with Gasteiger partial charge in [0.1, 0.15) is 34.7 Å². The van der Waals surface area contributed by atoms with Crippen molar-refractivity contribution in [2.24, 2.45) is 0 Å². The van der Waals surface area contributed by atoms with Crippen LogP contribution in [-0.2, 0) is 4.74 Å². The maximum absolute atomic E-state index is 12.8. The minimum Gasteiger partial charge on any atom is -0.490 e. The number of esters is 1. The van der Waals surface area contributed by atoms with Gasteiger partial charge in [-0.3, -0.25) is 0 Å². The second-order valence-electron chi connectivity index (χ2n) is 4.88. The molecule has 7 heteroatoms. The molecule has 0 fully saturated rings. The highest BCUT2D eigenvalue weighted by Crippen LogP contribution is 2.29. The van der Waals surface area contributed by atoms with Crippen molar-refractivity contribution in [3.63, 3.8) is 0 Å². The van der Waals surface area contributed by atoms with E-state index in [0.29, 0.717) is 16.3 Å². The highest BCUT2D eigenvalue weighted by atomic mass is 32.1. The van der Waals surface area contributed by atoms with Crippen molar-refractivity contribution < 1.29 is 18.7 Å². The van der Waals surface area contributed by atoms with Crippen LogP contribution in [0.15, 0.2) is 41.1 Å². The molecule has 1 aromatic carbocycles. The third-order valence-corrected chi connectivity index (χ3v) is 5.02. The Morgan fingerprint density at radius 1 is 1.21 bits per heavy atom. The number of carbonyl (C=O) groups is 1. The molecule has 4 nitrogen and oxygen atoms in total. The van der Waals surface area contributed by atoms with Gasteiger partial charge in [0.15, 0.2) is 0 Å². The second kappa shape index (κ2) is 7.55. The van der Waals surface area contributed by atoms with Gasteiger partial charge in [0.05, 0.1) is 5.69 Å². The summed E-state index contributed by atoms with van der Waals surface area (Å²) in [5, 5.41) is 4.77. The van der Waals surface area contributed by atoms with Crippen molar-refractivity contribution in [2.75, 3.05) is 13.2 Å². The maximum Gasteiger partial charge on any atom is 0.350 e. The summed E-state index contributed by atoms with van der Waals surface area (Å²) in [4.78, 5) is 17.1. The summed E-state index contributed by atoms with van der Waals surface area (Å²) >= 11 is 2.90. The number of hydrogen-bond donors (Lipinski definition) is 0. The van der Waals surface area contributed by atoms with Crippen molar-refractivity contribution in [3.05, 3.63) is 57.5 Å². The lowest BCUT2D eigenvalue weighted by atomic mass is 10.3. The molecule has 124 valence electrons. The number of thiophene rings is 1. The summed E-state index contributed by atoms with van der Waals surface area (Å²) in [5.74, 6) is -0.203. The van der Waals surface area contributed by atoms with Gasteiger partial charge in [-0.05, 0) is 42.6 Å². The Morgan fingerprint density at radius 2 is 2.00 bits per heavy atom. The molecule has 0 aliphatic carbocycles. The highest BCUT2D eigenvalue weighted by molar-refractivity contribution is 7.17. The van der Waals surface area contributed by atoms with E-state index >= 15 is 0 Å². The minimum atomic E-state index is -0.408. The number of aryl methyl sites for hydroxylation is 1. The third-order valence-electron chi connectivity index (χ3n) is 3.15. The average molecular weight is 363 g/mol. The van der Waals surface area contributed by atoms with Gasteiger partial charge in [0.25, 0.3) is 0 Å². The molecule has 0 saturated heterocycles. The molecule has 0 aliphatic rings. The molecule has 0 radical (unpaired) electrons. The summed E-state index contributed by atoms with van der Waals surface area (Å²) in [5.41, 5.74) is 1.66. The van der Waals surface area contributed by atoms with E-state index in [1.807, 2.05) is 16.8 Å². The van der Waals surface area contributed by atoms with E-state index in [2.05, 4.69) is 4.98 Å². The van der Waals surface area contributed by atoms with Crippen LogP contribution in [0, 0.1) is 12.7 Å². The number of ether oxygens (including phenoxy) is 2. The van der Waals surface area contributed by atoms with E-state index in [1.165, 1.54) is 35.6 Å². The van der Waals surface area contributed by atoms with Crippen molar-refractivity contribution in [1.82, 2.24) is 4.98 Å². The Morgan fingerprint density at radius 3 is 2.71 bits per heavy atom. The van der Waals surface area contributed by atoms with Crippen LogP contribution in [0.25, 0.3) is 10.6 Å². The van der Waals surface area contributed by atoms with Crippen molar-refractivity contribution >= 4 is 28.6 Å². The number of nitrogens with zero attached hydrogens (tertiary/aromatic N) is 1. The van der Waals surface area contributed by atoms with Crippen LogP contribution in [0.3, 0.4) is 0 Å². The van der Waals surface area contributed by atoms with Gasteiger partial charge in [0, 0.05) is 10.9 Å². The number of thiazole rings is 1. The zero-order chi connectivity index (χ0) is 16.9. The average Bonchev–Trinajstić information content (AvgIpc) is 3.22. The van der Waals surface area contributed by atoms with Crippen molar-refractivity contribution in [2.45, 2.75) is 6.92 Å². The molecular weight excluding hydrogens is 349 g/mol. The van der Waals surface area contributed by atoms with E-state index in [1.54, 1.807) is 18.3 Å². The van der Waals surface area contributed by atoms with Gasteiger partial charge in [0.2, 0.25) is 0 Å². The monoisotopic (exact) mass is 363 g/mol. The molecule has 2 heterocycles. The fourth-order valence-corrected chi connectivity index (χ4v) is 3.66. The minimum absolute atomic E-state index is 0.112. The fraction of sp³-hybridized carbons (Fsp3) is 0.176. The zero-order valence-electron chi connectivity index (χ0n) is 12.8. The predicted octanol–water partition coefficient (Wildman–Crippen LogP) is 4.55. The quantitative estimate of drug-likeness (QED) is 0.476. The molecule has 0 aliphatic heterocycles. The molecule has 0 bridgehead atoms. The van der Waals surface area contributed by atoms with E-state index in [9.17, 15) is 9.18 Å². The molecule has 3 rings (SSSR count). The molecule has 0 spiro atoms. The first-order valence-electron chi connectivity index (χ1n) is 7.19. The molecule has 0 atom stereocenters. The Bertz CT molecular complexity index is 813. The first-order chi connectivity index (χ1) is 11.6. The Balaban J connectivity index is 1.53. The summed E-state index contributed by atoms with van der Waals surface area (Å²) in [6, 6.07) is 7.64. The molecule has 0 N–H and O–H groups in total. The molecule has 0 saturated carbocycles. The number of rotatable bonds is 6. The lowest BCUT2D eigenvalue weighted by Gasteiger charge is -2.06. The Labute approximate surface area is 146 Å². The summed E-state index contributed by atoms with van der Waals surface area (Å²) in [7, 11) is 0. The summed E-state index contributed by atoms with van der Waals surface area (Å²) < 4.78 is 23.4. The first-order valence-corrected chi connectivity index (χ1v) is 8.95. The topological polar surface area (TPSA) is 48.4 Å². The number of halogens is 1. The predicted molar refractivity (Wildman–Crippen MR) is 92.3 cm³/mol. The van der Waals surface area contributed by atoms with Crippen LogP contribution < -0.4 is 4.74 Å². The number of hydrogen-bond acceptors (Lipinski definition) is 6. The lowest BCUT2D eigenvalue weighted by Crippen LogP contribution is -2.12.